The van der Waals surface area contributed by atoms with Gasteiger partial charge in [0.1, 0.15) is 0 Å². The van der Waals surface area contributed by atoms with Crippen LogP contribution in [0, 0.1) is 11.3 Å². The lowest BCUT2D eigenvalue weighted by molar-refractivity contribution is 0.260. The highest BCUT2D eigenvalue weighted by atomic mass is 14.6. The summed E-state index contributed by atoms with van der Waals surface area (Å²) in [5.41, 5.74) is 6.40. The Bertz CT molecular complexity index is 190. The minimum absolute atomic E-state index is 0.428. The molecule has 1 fully saturated rings. The van der Waals surface area contributed by atoms with E-state index >= 15 is 0 Å². The van der Waals surface area contributed by atoms with Crippen molar-refractivity contribution in [3.05, 3.63) is 0 Å². The van der Waals surface area contributed by atoms with Crippen LogP contribution in [0.2, 0.25) is 0 Å². The molecule has 1 saturated carbocycles. The maximum atomic E-state index is 5.98. The van der Waals surface area contributed by atoms with E-state index in [-0.39, 0.29) is 0 Å². The van der Waals surface area contributed by atoms with Gasteiger partial charge in [-0.15, -0.1) is 0 Å². The zero-order chi connectivity index (χ0) is 12.6. The molecule has 0 heterocycles. The van der Waals surface area contributed by atoms with E-state index in [4.69, 9.17) is 5.73 Å². The molecule has 1 heteroatoms. The second-order valence-corrected chi connectivity index (χ2v) is 6.67. The van der Waals surface area contributed by atoms with Gasteiger partial charge in [-0.25, -0.2) is 0 Å². The van der Waals surface area contributed by atoms with Gasteiger partial charge < -0.3 is 5.73 Å². The fraction of sp³-hybridized carbons (Fsp3) is 1.00. The maximum Gasteiger partial charge on any atom is -0.00232 e. The van der Waals surface area contributed by atoms with Gasteiger partial charge in [0, 0.05) is 0 Å². The standard InChI is InChI=1S/C16H33N/c1-15-10-6-4-3-5-8-12-16(2,14-17)13-9-7-11-15/h15H,3-14,17H2,1-2H3. The minimum Gasteiger partial charge on any atom is -0.330 e. The molecule has 1 rings (SSSR count). The summed E-state index contributed by atoms with van der Waals surface area (Å²) in [5.74, 6) is 0.944. The van der Waals surface area contributed by atoms with E-state index in [1.54, 1.807) is 0 Å². The predicted molar refractivity (Wildman–Crippen MR) is 77.1 cm³/mol. The van der Waals surface area contributed by atoms with E-state index < -0.39 is 0 Å². The van der Waals surface area contributed by atoms with Gasteiger partial charge in [-0.3, -0.25) is 0 Å². The number of hydrogen-bond donors (Lipinski definition) is 1. The molecular formula is C16H33N. The van der Waals surface area contributed by atoms with Gasteiger partial charge in [-0.05, 0) is 30.7 Å². The molecule has 0 amide bonds. The summed E-state index contributed by atoms with van der Waals surface area (Å²) in [6.45, 7) is 5.71. The Morgan fingerprint density at radius 1 is 0.882 bits per heavy atom. The monoisotopic (exact) mass is 239 g/mol. The molecule has 2 unspecified atom stereocenters. The Hall–Kier alpha value is -0.0400. The van der Waals surface area contributed by atoms with Crippen LogP contribution in [0.15, 0.2) is 0 Å². The van der Waals surface area contributed by atoms with Crippen LogP contribution >= 0.6 is 0 Å². The van der Waals surface area contributed by atoms with Gasteiger partial charge in [0.25, 0.3) is 0 Å². The molecule has 0 spiro atoms. The zero-order valence-electron chi connectivity index (χ0n) is 12.1. The Morgan fingerprint density at radius 2 is 1.35 bits per heavy atom. The van der Waals surface area contributed by atoms with Gasteiger partial charge in [-0.1, -0.05) is 71.6 Å². The Balaban J connectivity index is 2.39. The summed E-state index contributed by atoms with van der Waals surface area (Å²) < 4.78 is 0. The largest absolute Gasteiger partial charge is 0.330 e. The lowest BCUT2D eigenvalue weighted by Crippen LogP contribution is -2.27. The van der Waals surface area contributed by atoms with E-state index in [9.17, 15) is 0 Å². The summed E-state index contributed by atoms with van der Waals surface area (Å²) in [4.78, 5) is 0. The first-order chi connectivity index (χ1) is 8.16. The summed E-state index contributed by atoms with van der Waals surface area (Å²) >= 11 is 0. The summed E-state index contributed by atoms with van der Waals surface area (Å²) in [6.07, 6.45) is 15.5. The van der Waals surface area contributed by atoms with Crippen molar-refractivity contribution in [2.45, 2.75) is 84.5 Å². The molecule has 0 aliphatic heterocycles. The highest BCUT2D eigenvalue weighted by Gasteiger charge is 2.21. The Kier molecular flexibility index (Phi) is 7.18. The quantitative estimate of drug-likeness (QED) is 0.692. The summed E-state index contributed by atoms with van der Waals surface area (Å²) in [7, 11) is 0. The van der Waals surface area contributed by atoms with E-state index in [2.05, 4.69) is 13.8 Å². The van der Waals surface area contributed by atoms with Crippen LogP contribution in [0.1, 0.15) is 84.5 Å². The van der Waals surface area contributed by atoms with Gasteiger partial charge in [0.05, 0.1) is 0 Å². The summed E-state index contributed by atoms with van der Waals surface area (Å²) in [6, 6.07) is 0. The molecule has 1 nitrogen and oxygen atoms in total. The molecule has 0 aromatic carbocycles. The van der Waals surface area contributed by atoms with E-state index in [1.165, 1.54) is 70.6 Å². The van der Waals surface area contributed by atoms with Gasteiger partial charge in [0.2, 0.25) is 0 Å². The van der Waals surface area contributed by atoms with Crippen molar-refractivity contribution in [1.29, 1.82) is 0 Å². The molecule has 0 aromatic rings. The molecule has 0 bridgehead atoms. The van der Waals surface area contributed by atoms with Crippen LogP contribution in [0.4, 0.5) is 0 Å². The van der Waals surface area contributed by atoms with Crippen LogP contribution < -0.4 is 5.73 Å². The van der Waals surface area contributed by atoms with Crippen molar-refractivity contribution in [1.82, 2.24) is 0 Å². The van der Waals surface area contributed by atoms with Gasteiger partial charge >= 0.3 is 0 Å². The van der Waals surface area contributed by atoms with Crippen LogP contribution in [0.25, 0.3) is 0 Å². The predicted octanol–water partition coefficient (Wildman–Crippen LogP) is 4.89. The maximum absolute atomic E-state index is 5.98. The third-order valence-electron chi connectivity index (χ3n) is 4.70. The van der Waals surface area contributed by atoms with Crippen molar-refractivity contribution < 1.29 is 0 Å². The van der Waals surface area contributed by atoms with Crippen molar-refractivity contribution in [3.63, 3.8) is 0 Å². The van der Waals surface area contributed by atoms with Crippen LogP contribution in [-0.2, 0) is 0 Å². The zero-order valence-corrected chi connectivity index (χ0v) is 12.1. The fourth-order valence-corrected chi connectivity index (χ4v) is 3.09. The average Bonchev–Trinajstić information content (AvgIpc) is 2.34. The molecule has 0 aromatic heterocycles. The molecule has 2 N–H and O–H groups in total. The lowest BCUT2D eigenvalue weighted by atomic mass is 9.80. The third kappa shape index (κ3) is 6.45. The highest BCUT2D eigenvalue weighted by molar-refractivity contribution is 4.75. The Morgan fingerprint density at radius 3 is 2.00 bits per heavy atom. The first kappa shape index (κ1) is 15.0. The third-order valence-corrected chi connectivity index (χ3v) is 4.70. The Labute approximate surface area is 109 Å². The lowest BCUT2D eigenvalue weighted by Gasteiger charge is -2.28. The van der Waals surface area contributed by atoms with Crippen molar-refractivity contribution >= 4 is 0 Å². The second kappa shape index (κ2) is 8.13. The average molecular weight is 239 g/mol. The highest BCUT2D eigenvalue weighted by Crippen LogP contribution is 2.31. The number of nitrogens with two attached hydrogens (primary N) is 1. The molecule has 0 saturated heterocycles. The van der Waals surface area contributed by atoms with Crippen molar-refractivity contribution in [2.75, 3.05) is 6.54 Å². The SMILES string of the molecule is CC1CCCCCCCC(C)(CN)CCCC1. The summed E-state index contributed by atoms with van der Waals surface area (Å²) in [5, 5.41) is 0. The minimum atomic E-state index is 0.428. The molecular weight excluding hydrogens is 206 g/mol. The van der Waals surface area contributed by atoms with E-state index in [0.29, 0.717) is 5.41 Å². The van der Waals surface area contributed by atoms with Gasteiger partial charge in [0.15, 0.2) is 0 Å². The van der Waals surface area contributed by atoms with Crippen molar-refractivity contribution in [2.24, 2.45) is 17.1 Å². The molecule has 1 aliphatic carbocycles. The first-order valence-electron chi connectivity index (χ1n) is 7.86. The first-order valence-corrected chi connectivity index (χ1v) is 7.86. The van der Waals surface area contributed by atoms with Crippen LogP contribution in [0.3, 0.4) is 0 Å². The fourth-order valence-electron chi connectivity index (χ4n) is 3.09. The van der Waals surface area contributed by atoms with E-state index in [0.717, 1.165) is 12.5 Å². The molecule has 102 valence electrons. The molecule has 0 radical (unpaired) electrons. The molecule has 2 atom stereocenters. The van der Waals surface area contributed by atoms with E-state index in [1.807, 2.05) is 0 Å². The number of rotatable bonds is 1. The van der Waals surface area contributed by atoms with Gasteiger partial charge in [-0.2, -0.15) is 0 Å². The van der Waals surface area contributed by atoms with Crippen LogP contribution in [0.5, 0.6) is 0 Å². The van der Waals surface area contributed by atoms with Crippen molar-refractivity contribution in [3.8, 4) is 0 Å². The molecule has 1 aliphatic rings. The van der Waals surface area contributed by atoms with Crippen LogP contribution in [-0.4, -0.2) is 6.54 Å². The smallest absolute Gasteiger partial charge is 0.00232 e. The molecule has 17 heavy (non-hydrogen) atoms. The normalized spacial score (nSPS) is 34.4. The number of hydrogen-bond acceptors (Lipinski definition) is 1. The second-order valence-electron chi connectivity index (χ2n) is 6.67. The topological polar surface area (TPSA) is 26.0 Å².